The minimum atomic E-state index is -0.288. The molecule has 1 aromatic heterocycles. The maximum Gasteiger partial charge on any atom is 0.306 e. The molecule has 0 radical (unpaired) electrons. The summed E-state index contributed by atoms with van der Waals surface area (Å²) < 4.78 is 11.2. The van der Waals surface area contributed by atoms with E-state index in [-0.39, 0.29) is 12.1 Å². The SMILES string of the molecule is CCCCCCCCc1ccc(-c2cnc(-c3ccc(OCC(C)OC(=O)CCCCC)cc3)nc2)cc1. The van der Waals surface area contributed by atoms with E-state index in [1.54, 1.807) is 0 Å². The Morgan fingerprint density at radius 1 is 0.737 bits per heavy atom. The Labute approximate surface area is 229 Å². The number of benzene rings is 2. The van der Waals surface area contributed by atoms with Crippen molar-refractivity contribution in [3.8, 4) is 28.3 Å². The first-order valence-electron chi connectivity index (χ1n) is 14.4. The minimum Gasteiger partial charge on any atom is -0.490 e. The van der Waals surface area contributed by atoms with Gasteiger partial charge in [0.1, 0.15) is 18.5 Å². The van der Waals surface area contributed by atoms with Crippen LogP contribution in [0.3, 0.4) is 0 Å². The Bertz CT molecular complexity index is 1060. The number of unbranched alkanes of at least 4 members (excludes halogenated alkanes) is 7. The van der Waals surface area contributed by atoms with Gasteiger partial charge in [0.15, 0.2) is 5.82 Å². The van der Waals surface area contributed by atoms with Crippen LogP contribution in [-0.2, 0) is 16.0 Å². The lowest BCUT2D eigenvalue weighted by atomic mass is 10.0. The first-order chi connectivity index (χ1) is 18.6. The zero-order valence-corrected chi connectivity index (χ0v) is 23.5. The number of hydrogen-bond acceptors (Lipinski definition) is 5. The summed E-state index contributed by atoms with van der Waals surface area (Å²) >= 11 is 0. The highest BCUT2D eigenvalue weighted by atomic mass is 16.6. The minimum absolute atomic E-state index is 0.158. The molecule has 0 amide bonds. The second-order valence-electron chi connectivity index (χ2n) is 10.1. The second kappa shape index (κ2) is 16.6. The first-order valence-corrected chi connectivity index (χ1v) is 14.4. The van der Waals surface area contributed by atoms with Crippen LogP contribution in [0.25, 0.3) is 22.5 Å². The molecule has 0 aliphatic carbocycles. The molecule has 1 unspecified atom stereocenters. The molecule has 0 N–H and O–H groups in total. The van der Waals surface area contributed by atoms with Crippen LogP contribution in [-0.4, -0.2) is 28.6 Å². The summed E-state index contributed by atoms with van der Waals surface area (Å²) in [4.78, 5) is 21.0. The average Bonchev–Trinajstić information content (AvgIpc) is 2.95. The molecular formula is C33H44N2O3. The first kappa shape index (κ1) is 29.3. The molecule has 0 saturated heterocycles. The number of ether oxygens (including phenoxy) is 2. The van der Waals surface area contributed by atoms with Gasteiger partial charge in [0.25, 0.3) is 0 Å². The van der Waals surface area contributed by atoms with Crippen LogP contribution in [0.4, 0.5) is 0 Å². The standard InChI is InChI=1S/C33H44N2O3/c1-4-6-8-9-10-12-13-27-15-17-28(18-16-27)30-23-34-33(35-24-30)29-19-21-31(22-20-29)37-25-26(3)38-32(36)14-11-7-5-2/h15-24,26H,4-14,25H2,1-3H3. The van der Waals surface area contributed by atoms with Crippen molar-refractivity contribution in [1.82, 2.24) is 9.97 Å². The van der Waals surface area contributed by atoms with Crippen LogP contribution in [0.2, 0.25) is 0 Å². The van der Waals surface area contributed by atoms with Gasteiger partial charge in [0.05, 0.1) is 0 Å². The normalized spacial score (nSPS) is 11.8. The Balaban J connectivity index is 1.45. The molecule has 5 heteroatoms. The molecule has 3 aromatic rings. The predicted octanol–water partition coefficient (Wildman–Crippen LogP) is 8.60. The van der Waals surface area contributed by atoms with E-state index in [1.165, 1.54) is 44.1 Å². The van der Waals surface area contributed by atoms with Crippen molar-refractivity contribution in [2.75, 3.05) is 6.61 Å². The number of esters is 1. The molecule has 1 heterocycles. The van der Waals surface area contributed by atoms with Gasteiger partial charge >= 0.3 is 5.97 Å². The van der Waals surface area contributed by atoms with Crippen molar-refractivity contribution in [2.24, 2.45) is 0 Å². The maximum absolute atomic E-state index is 11.9. The summed E-state index contributed by atoms with van der Waals surface area (Å²) in [7, 11) is 0. The van der Waals surface area contributed by atoms with Gasteiger partial charge in [-0.15, -0.1) is 0 Å². The van der Waals surface area contributed by atoms with Gasteiger partial charge in [-0.25, -0.2) is 9.97 Å². The number of carbonyl (C=O) groups excluding carboxylic acids is 1. The second-order valence-corrected chi connectivity index (χ2v) is 10.1. The Morgan fingerprint density at radius 3 is 2.03 bits per heavy atom. The number of hydrogen-bond donors (Lipinski definition) is 0. The van der Waals surface area contributed by atoms with E-state index in [0.717, 1.165) is 48.1 Å². The number of nitrogens with zero attached hydrogens (tertiary/aromatic N) is 2. The van der Waals surface area contributed by atoms with Gasteiger partial charge in [-0.1, -0.05) is 83.1 Å². The lowest BCUT2D eigenvalue weighted by Crippen LogP contribution is -2.21. The summed E-state index contributed by atoms with van der Waals surface area (Å²) in [5.74, 6) is 1.24. The molecular weight excluding hydrogens is 472 g/mol. The van der Waals surface area contributed by atoms with Crippen molar-refractivity contribution in [2.45, 2.75) is 97.5 Å². The van der Waals surface area contributed by atoms with E-state index in [1.807, 2.05) is 43.6 Å². The van der Waals surface area contributed by atoms with Gasteiger partial charge in [-0.3, -0.25) is 4.79 Å². The van der Waals surface area contributed by atoms with Crippen molar-refractivity contribution in [3.63, 3.8) is 0 Å². The summed E-state index contributed by atoms with van der Waals surface area (Å²) in [5, 5.41) is 0. The summed E-state index contributed by atoms with van der Waals surface area (Å²) in [6.07, 6.45) is 16.0. The fourth-order valence-electron chi connectivity index (χ4n) is 4.35. The quantitative estimate of drug-likeness (QED) is 0.133. The van der Waals surface area contributed by atoms with Crippen LogP contribution in [0.1, 0.15) is 90.5 Å². The van der Waals surface area contributed by atoms with Gasteiger partial charge in [-0.2, -0.15) is 0 Å². The van der Waals surface area contributed by atoms with E-state index in [9.17, 15) is 4.79 Å². The smallest absolute Gasteiger partial charge is 0.306 e. The predicted molar refractivity (Wildman–Crippen MR) is 155 cm³/mol. The maximum atomic E-state index is 11.9. The Morgan fingerprint density at radius 2 is 1.34 bits per heavy atom. The summed E-state index contributed by atoms with van der Waals surface area (Å²) in [5.41, 5.74) is 4.46. The molecule has 0 aliphatic heterocycles. The molecule has 1 atom stereocenters. The van der Waals surface area contributed by atoms with Crippen molar-refractivity contribution >= 4 is 5.97 Å². The molecule has 5 nitrogen and oxygen atoms in total. The fraction of sp³-hybridized carbons (Fsp3) is 0.485. The van der Waals surface area contributed by atoms with Crippen molar-refractivity contribution in [3.05, 3.63) is 66.5 Å². The zero-order chi connectivity index (χ0) is 27.0. The third-order valence-corrected chi connectivity index (χ3v) is 6.67. The van der Waals surface area contributed by atoms with Crippen LogP contribution >= 0.6 is 0 Å². The molecule has 204 valence electrons. The van der Waals surface area contributed by atoms with Crippen LogP contribution in [0.15, 0.2) is 60.9 Å². The van der Waals surface area contributed by atoms with Crippen molar-refractivity contribution in [1.29, 1.82) is 0 Å². The zero-order valence-electron chi connectivity index (χ0n) is 23.5. The molecule has 38 heavy (non-hydrogen) atoms. The fourth-order valence-corrected chi connectivity index (χ4v) is 4.35. The highest BCUT2D eigenvalue weighted by Gasteiger charge is 2.10. The van der Waals surface area contributed by atoms with Gasteiger partial charge in [0.2, 0.25) is 0 Å². The van der Waals surface area contributed by atoms with Gasteiger partial charge < -0.3 is 9.47 Å². The van der Waals surface area contributed by atoms with E-state index in [4.69, 9.17) is 9.47 Å². The molecule has 0 saturated carbocycles. The lowest BCUT2D eigenvalue weighted by molar-refractivity contribution is -0.149. The van der Waals surface area contributed by atoms with E-state index in [2.05, 4.69) is 48.1 Å². The number of rotatable bonds is 17. The van der Waals surface area contributed by atoms with Crippen molar-refractivity contribution < 1.29 is 14.3 Å². The third-order valence-electron chi connectivity index (χ3n) is 6.67. The summed E-state index contributed by atoms with van der Waals surface area (Å²) in [6, 6.07) is 16.5. The van der Waals surface area contributed by atoms with E-state index < -0.39 is 0 Å². The monoisotopic (exact) mass is 516 g/mol. The van der Waals surface area contributed by atoms with Gasteiger partial charge in [-0.05, 0) is 61.6 Å². The van der Waals surface area contributed by atoms with Crippen LogP contribution in [0, 0.1) is 0 Å². The number of aryl methyl sites for hydroxylation is 1. The Hall–Kier alpha value is -3.21. The largest absolute Gasteiger partial charge is 0.490 e. The Kier molecular flexibility index (Phi) is 12.8. The van der Waals surface area contributed by atoms with Crippen LogP contribution < -0.4 is 4.74 Å². The molecule has 3 rings (SSSR count). The summed E-state index contributed by atoms with van der Waals surface area (Å²) in [6.45, 7) is 6.55. The van der Waals surface area contributed by atoms with Gasteiger partial charge in [0, 0.05) is 29.9 Å². The number of aromatic nitrogens is 2. The number of carbonyl (C=O) groups is 1. The third kappa shape index (κ3) is 10.3. The topological polar surface area (TPSA) is 61.3 Å². The average molecular weight is 517 g/mol. The lowest BCUT2D eigenvalue weighted by Gasteiger charge is -2.14. The molecule has 0 spiro atoms. The van der Waals surface area contributed by atoms with E-state index >= 15 is 0 Å². The molecule has 0 bridgehead atoms. The molecule has 0 fully saturated rings. The molecule has 0 aliphatic rings. The van der Waals surface area contributed by atoms with E-state index in [0.29, 0.717) is 18.9 Å². The highest BCUT2D eigenvalue weighted by molar-refractivity contribution is 5.69. The highest BCUT2D eigenvalue weighted by Crippen LogP contribution is 2.23. The van der Waals surface area contributed by atoms with Crippen LogP contribution in [0.5, 0.6) is 5.75 Å². The molecule has 2 aromatic carbocycles.